The van der Waals surface area contributed by atoms with Crippen molar-refractivity contribution in [2.45, 2.75) is 33.2 Å². The van der Waals surface area contributed by atoms with Gasteiger partial charge in [-0.2, -0.15) is 0 Å². The molecule has 5 heteroatoms. The monoisotopic (exact) mass is 381 g/mol. The fourth-order valence-corrected chi connectivity index (χ4v) is 2.27. The van der Waals surface area contributed by atoms with E-state index in [2.05, 4.69) is 47.0 Å². The fourth-order valence-electron chi connectivity index (χ4n) is 1.62. The lowest BCUT2D eigenvalue weighted by atomic mass is 10.0. The first-order valence-electron chi connectivity index (χ1n) is 6.27. The highest BCUT2D eigenvalue weighted by Gasteiger charge is 2.04. The Hall–Kier alpha value is -0.300. The first-order chi connectivity index (χ1) is 8.30. The van der Waals surface area contributed by atoms with Crippen LogP contribution in [0.5, 0.6) is 0 Å². The Labute approximate surface area is 131 Å². The van der Waals surface area contributed by atoms with Crippen molar-refractivity contribution in [3.05, 3.63) is 22.4 Å². The van der Waals surface area contributed by atoms with E-state index in [0.29, 0.717) is 0 Å². The van der Waals surface area contributed by atoms with Crippen LogP contribution in [0.4, 0.5) is 0 Å². The van der Waals surface area contributed by atoms with Gasteiger partial charge in [-0.3, -0.25) is 4.99 Å². The second-order valence-electron chi connectivity index (χ2n) is 4.07. The minimum atomic E-state index is 0. The van der Waals surface area contributed by atoms with E-state index >= 15 is 0 Å². The zero-order valence-electron chi connectivity index (χ0n) is 11.4. The van der Waals surface area contributed by atoms with Crippen LogP contribution < -0.4 is 10.6 Å². The van der Waals surface area contributed by atoms with Crippen LogP contribution in [-0.2, 0) is 6.54 Å². The van der Waals surface area contributed by atoms with Crippen LogP contribution in [0, 0.1) is 5.92 Å². The molecule has 0 aromatic carbocycles. The SMILES string of the molecule is CCC(CC)CNC(=NC)NCc1cccs1.I. The van der Waals surface area contributed by atoms with Gasteiger partial charge < -0.3 is 10.6 Å². The smallest absolute Gasteiger partial charge is 0.191 e. The number of thiophene rings is 1. The van der Waals surface area contributed by atoms with Gasteiger partial charge in [0.1, 0.15) is 0 Å². The number of aliphatic imine (C=N–C) groups is 1. The van der Waals surface area contributed by atoms with Crippen molar-refractivity contribution in [1.82, 2.24) is 10.6 Å². The van der Waals surface area contributed by atoms with Gasteiger partial charge in [-0.05, 0) is 17.4 Å². The summed E-state index contributed by atoms with van der Waals surface area (Å²) in [5.74, 6) is 1.63. The highest BCUT2D eigenvalue weighted by Crippen LogP contribution is 2.07. The molecule has 0 spiro atoms. The molecule has 2 N–H and O–H groups in total. The number of halogens is 1. The summed E-state index contributed by atoms with van der Waals surface area (Å²) >= 11 is 1.76. The highest BCUT2D eigenvalue weighted by molar-refractivity contribution is 14.0. The van der Waals surface area contributed by atoms with Crippen molar-refractivity contribution < 1.29 is 0 Å². The van der Waals surface area contributed by atoms with Gasteiger partial charge in [0.15, 0.2) is 5.96 Å². The van der Waals surface area contributed by atoms with Crippen molar-refractivity contribution >= 4 is 41.3 Å². The second kappa shape index (κ2) is 10.6. The molecule has 0 saturated carbocycles. The summed E-state index contributed by atoms with van der Waals surface area (Å²) < 4.78 is 0. The van der Waals surface area contributed by atoms with Gasteiger partial charge in [-0.25, -0.2) is 0 Å². The lowest BCUT2D eigenvalue weighted by Crippen LogP contribution is -2.39. The Morgan fingerprint density at radius 2 is 2.06 bits per heavy atom. The molecule has 0 bridgehead atoms. The van der Waals surface area contributed by atoms with E-state index in [1.54, 1.807) is 11.3 Å². The summed E-state index contributed by atoms with van der Waals surface area (Å²) in [4.78, 5) is 5.56. The molecule has 0 aliphatic carbocycles. The molecule has 0 saturated heterocycles. The van der Waals surface area contributed by atoms with Crippen molar-refractivity contribution in [1.29, 1.82) is 0 Å². The summed E-state index contributed by atoms with van der Waals surface area (Å²) in [6, 6.07) is 4.20. The van der Waals surface area contributed by atoms with Crippen LogP contribution in [0.25, 0.3) is 0 Å². The standard InChI is InChI=1S/C13H23N3S.HI/c1-4-11(5-2)9-15-13(14-3)16-10-12-7-6-8-17-12;/h6-8,11H,4-5,9-10H2,1-3H3,(H2,14,15,16);1H. The third kappa shape index (κ3) is 6.58. The molecular weight excluding hydrogens is 357 g/mol. The average Bonchev–Trinajstić information content (AvgIpc) is 2.87. The van der Waals surface area contributed by atoms with Crippen LogP contribution in [0.2, 0.25) is 0 Å². The van der Waals surface area contributed by atoms with Gasteiger partial charge in [-0.1, -0.05) is 32.8 Å². The predicted molar refractivity (Wildman–Crippen MR) is 92.0 cm³/mol. The molecule has 1 aromatic heterocycles. The molecule has 1 heterocycles. The summed E-state index contributed by atoms with van der Waals surface area (Å²) in [6.45, 7) is 6.31. The molecule has 0 aliphatic rings. The van der Waals surface area contributed by atoms with E-state index in [0.717, 1.165) is 25.0 Å². The van der Waals surface area contributed by atoms with E-state index in [-0.39, 0.29) is 24.0 Å². The van der Waals surface area contributed by atoms with Gasteiger partial charge in [0.2, 0.25) is 0 Å². The molecule has 0 amide bonds. The van der Waals surface area contributed by atoms with Crippen LogP contribution in [0.1, 0.15) is 31.6 Å². The Bertz CT molecular complexity index is 321. The van der Waals surface area contributed by atoms with E-state index in [1.807, 2.05) is 7.05 Å². The minimum Gasteiger partial charge on any atom is -0.356 e. The Morgan fingerprint density at radius 1 is 1.33 bits per heavy atom. The van der Waals surface area contributed by atoms with E-state index in [9.17, 15) is 0 Å². The molecule has 0 unspecified atom stereocenters. The van der Waals surface area contributed by atoms with Gasteiger partial charge in [0, 0.05) is 18.5 Å². The Morgan fingerprint density at radius 3 is 2.56 bits per heavy atom. The summed E-state index contributed by atoms with van der Waals surface area (Å²) in [7, 11) is 1.82. The topological polar surface area (TPSA) is 36.4 Å². The molecular formula is C13H24IN3S. The first kappa shape index (κ1) is 17.7. The average molecular weight is 381 g/mol. The van der Waals surface area contributed by atoms with Gasteiger partial charge >= 0.3 is 0 Å². The predicted octanol–water partition coefficient (Wildman–Crippen LogP) is 3.47. The van der Waals surface area contributed by atoms with Gasteiger partial charge in [-0.15, -0.1) is 35.3 Å². The second-order valence-corrected chi connectivity index (χ2v) is 5.10. The number of rotatable bonds is 6. The lowest BCUT2D eigenvalue weighted by molar-refractivity contribution is 0.481. The third-order valence-corrected chi connectivity index (χ3v) is 3.82. The minimum absolute atomic E-state index is 0. The normalized spacial score (nSPS) is 11.2. The maximum Gasteiger partial charge on any atom is 0.191 e. The number of nitrogens with zero attached hydrogens (tertiary/aromatic N) is 1. The van der Waals surface area contributed by atoms with Crippen LogP contribution in [0.15, 0.2) is 22.5 Å². The van der Waals surface area contributed by atoms with E-state index in [1.165, 1.54) is 17.7 Å². The number of hydrogen-bond acceptors (Lipinski definition) is 2. The fraction of sp³-hybridized carbons (Fsp3) is 0.615. The van der Waals surface area contributed by atoms with Crippen molar-refractivity contribution in [3.8, 4) is 0 Å². The number of hydrogen-bond donors (Lipinski definition) is 2. The third-order valence-electron chi connectivity index (χ3n) is 2.95. The molecule has 18 heavy (non-hydrogen) atoms. The quantitative estimate of drug-likeness (QED) is 0.450. The van der Waals surface area contributed by atoms with Crippen molar-refractivity contribution in [2.75, 3.05) is 13.6 Å². The molecule has 0 atom stereocenters. The molecule has 104 valence electrons. The van der Waals surface area contributed by atoms with Crippen LogP contribution in [0.3, 0.4) is 0 Å². The van der Waals surface area contributed by atoms with Crippen molar-refractivity contribution in [2.24, 2.45) is 10.9 Å². The highest BCUT2D eigenvalue weighted by atomic mass is 127. The lowest BCUT2D eigenvalue weighted by Gasteiger charge is -2.16. The first-order valence-corrected chi connectivity index (χ1v) is 7.15. The number of nitrogens with one attached hydrogen (secondary N) is 2. The summed E-state index contributed by atoms with van der Waals surface area (Å²) in [5, 5.41) is 8.80. The van der Waals surface area contributed by atoms with Gasteiger partial charge in [0.05, 0.1) is 6.54 Å². The van der Waals surface area contributed by atoms with Crippen LogP contribution >= 0.6 is 35.3 Å². The maximum absolute atomic E-state index is 4.23. The van der Waals surface area contributed by atoms with E-state index in [4.69, 9.17) is 0 Å². The van der Waals surface area contributed by atoms with Crippen LogP contribution in [-0.4, -0.2) is 19.6 Å². The maximum atomic E-state index is 4.23. The Balaban J connectivity index is 0.00000289. The molecule has 0 aliphatic heterocycles. The molecule has 0 fully saturated rings. The Kier molecular flexibility index (Phi) is 10.4. The van der Waals surface area contributed by atoms with Crippen molar-refractivity contribution in [3.63, 3.8) is 0 Å². The molecule has 1 aromatic rings. The van der Waals surface area contributed by atoms with Gasteiger partial charge in [0.25, 0.3) is 0 Å². The largest absolute Gasteiger partial charge is 0.356 e. The summed E-state index contributed by atoms with van der Waals surface area (Å²) in [5.41, 5.74) is 0. The zero-order valence-corrected chi connectivity index (χ0v) is 14.5. The zero-order chi connectivity index (χ0) is 12.5. The molecule has 1 rings (SSSR count). The molecule has 0 radical (unpaired) electrons. The molecule has 3 nitrogen and oxygen atoms in total. The number of guanidine groups is 1. The summed E-state index contributed by atoms with van der Waals surface area (Å²) in [6.07, 6.45) is 2.43. The van der Waals surface area contributed by atoms with E-state index < -0.39 is 0 Å².